The summed E-state index contributed by atoms with van der Waals surface area (Å²) in [5.41, 5.74) is 0.897. The third-order valence-corrected chi connectivity index (χ3v) is 6.41. The van der Waals surface area contributed by atoms with Gasteiger partial charge in [0.05, 0.1) is 11.1 Å². The van der Waals surface area contributed by atoms with Crippen molar-refractivity contribution in [1.29, 1.82) is 0 Å². The molecule has 0 saturated heterocycles. The number of nitrogens with one attached hydrogen (secondary N) is 3. The van der Waals surface area contributed by atoms with Crippen molar-refractivity contribution in [2.24, 2.45) is 5.92 Å². The minimum atomic E-state index is -0.500. The molecule has 9 heteroatoms. The normalized spacial score (nSPS) is 12.1. The molecule has 0 aliphatic carbocycles. The highest BCUT2D eigenvalue weighted by molar-refractivity contribution is 7.99. The van der Waals surface area contributed by atoms with Crippen LogP contribution >= 0.6 is 23.1 Å². The Bertz CT molecular complexity index is 891. The van der Waals surface area contributed by atoms with Crippen LogP contribution in [0.4, 0.5) is 4.79 Å². The van der Waals surface area contributed by atoms with Gasteiger partial charge >= 0.3 is 6.03 Å². The molecule has 2 aromatic heterocycles. The van der Waals surface area contributed by atoms with Crippen LogP contribution in [0.1, 0.15) is 50.5 Å². The fourth-order valence-corrected chi connectivity index (χ4v) is 4.45. The van der Waals surface area contributed by atoms with E-state index in [1.54, 1.807) is 0 Å². The molecule has 0 radical (unpaired) electrons. The Morgan fingerprint density at radius 1 is 1.32 bits per heavy atom. The first-order valence-corrected chi connectivity index (χ1v) is 11.4. The lowest BCUT2D eigenvalue weighted by atomic mass is 9.98. The fraction of sp³-hybridized carbons (Fsp3) is 0.579. The Kier molecular flexibility index (Phi) is 8.50. The van der Waals surface area contributed by atoms with Gasteiger partial charge in [-0.2, -0.15) is 0 Å². The number of thiophene rings is 1. The molecule has 2 heterocycles. The molecule has 1 atom stereocenters. The third kappa shape index (κ3) is 6.07. The number of rotatable bonds is 9. The van der Waals surface area contributed by atoms with Crippen molar-refractivity contribution in [1.82, 2.24) is 20.6 Å². The monoisotopic (exact) mass is 424 g/mol. The second-order valence-electron chi connectivity index (χ2n) is 6.85. The first-order valence-electron chi connectivity index (χ1n) is 9.58. The number of hydrogen-bond donors (Lipinski definition) is 3. The van der Waals surface area contributed by atoms with Crippen molar-refractivity contribution in [3.05, 3.63) is 20.8 Å². The summed E-state index contributed by atoms with van der Waals surface area (Å²) in [7, 11) is 0. The van der Waals surface area contributed by atoms with E-state index in [0.717, 1.165) is 47.9 Å². The number of fused-ring (bicyclic) bond motifs is 1. The minimum Gasteiger partial charge on any atom is -0.338 e. The number of unbranched alkanes of at least 4 members (excludes halogenated alkanes) is 1. The number of hydrogen-bond acceptors (Lipinski definition) is 6. The van der Waals surface area contributed by atoms with E-state index in [-0.39, 0.29) is 11.3 Å². The Morgan fingerprint density at radius 2 is 2.07 bits per heavy atom. The van der Waals surface area contributed by atoms with Gasteiger partial charge in [0, 0.05) is 11.4 Å². The highest BCUT2D eigenvalue weighted by Gasteiger charge is 2.17. The topological polar surface area (TPSA) is 104 Å². The lowest BCUT2D eigenvalue weighted by Gasteiger charge is -2.08. The van der Waals surface area contributed by atoms with Crippen molar-refractivity contribution in [2.75, 3.05) is 12.3 Å². The van der Waals surface area contributed by atoms with Crippen LogP contribution < -0.4 is 16.2 Å². The molecule has 0 aliphatic heterocycles. The molecule has 0 aliphatic rings. The van der Waals surface area contributed by atoms with Crippen LogP contribution in [-0.4, -0.2) is 34.2 Å². The Hall–Kier alpha value is -1.87. The maximum absolute atomic E-state index is 12.6. The molecule has 1 unspecified atom stereocenters. The number of nitrogens with zero attached hydrogens (tertiary/aromatic N) is 1. The predicted octanol–water partition coefficient (Wildman–Crippen LogP) is 3.60. The summed E-state index contributed by atoms with van der Waals surface area (Å²) in [6.45, 7) is 8.88. The second kappa shape index (κ2) is 10.6. The molecule has 0 aromatic carbocycles. The Labute approximate surface area is 173 Å². The molecule has 2 aromatic rings. The number of carbonyl (C=O) groups excluding carboxylic acids is 2. The van der Waals surface area contributed by atoms with E-state index in [4.69, 9.17) is 0 Å². The van der Waals surface area contributed by atoms with Crippen LogP contribution in [0.25, 0.3) is 10.2 Å². The van der Waals surface area contributed by atoms with E-state index in [2.05, 4.69) is 34.4 Å². The van der Waals surface area contributed by atoms with Crippen LogP contribution in [0.2, 0.25) is 0 Å². The third-order valence-electron chi connectivity index (χ3n) is 4.50. The second-order valence-corrected chi connectivity index (χ2v) is 9.02. The first-order chi connectivity index (χ1) is 13.3. The molecule has 3 N–H and O–H groups in total. The van der Waals surface area contributed by atoms with Crippen molar-refractivity contribution < 1.29 is 9.59 Å². The number of thioether (sulfide) groups is 1. The number of amides is 3. The first kappa shape index (κ1) is 22.4. The molecule has 3 amide bonds. The molecular weight excluding hydrogens is 396 g/mol. The van der Waals surface area contributed by atoms with Gasteiger partial charge in [0.2, 0.25) is 5.91 Å². The standard InChI is InChI=1S/C19H28N4O3S2/c1-5-7-8-20-18(26)21-14(24)10-27-19-22-16(25)15-13(9-11(3)6-2)12(4)28-17(15)23-19/h11H,5-10H2,1-4H3,(H,22,23,25)(H2,20,21,24,26). The van der Waals surface area contributed by atoms with Crippen molar-refractivity contribution in [3.8, 4) is 0 Å². The Balaban J connectivity index is 2.03. The molecule has 0 bridgehead atoms. The van der Waals surface area contributed by atoms with E-state index in [1.165, 1.54) is 11.3 Å². The summed E-state index contributed by atoms with van der Waals surface area (Å²) in [6.07, 6.45) is 3.74. The van der Waals surface area contributed by atoms with Gasteiger partial charge in [0.15, 0.2) is 5.16 Å². The van der Waals surface area contributed by atoms with Gasteiger partial charge in [-0.1, -0.05) is 45.4 Å². The molecule has 0 saturated carbocycles. The lowest BCUT2D eigenvalue weighted by Crippen LogP contribution is -2.40. The van der Waals surface area contributed by atoms with Gasteiger partial charge in [0.25, 0.3) is 5.56 Å². The highest BCUT2D eigenvalue weighted by atomic mass is 32.2. The van der Waals surface area contributed by atoms with Gasteiger partial charge in [-0.15, -0.1) is 11.3 Å². The van der Waals surface area contributed by atoms with Crippen LogP contribution in [0, 0.1) is 12.8 Å². The number of imide groups is 1. The van der Waals surface area contributed by atoms with Crippen LogP contribution in [0.5, 0.6) is 0 Å². The van der Waals surface area contributed by atoms with Crippen molar-refractivity contribution in [3.63, 3.8) is 0 Å². The number of aromatic nitrogens is 2. The molecule has 7 nitrogen and oxygen atoms in total. The summed E-state index contributed by atoms with van der Waals surface area (Å²) in [5, 5.41) is 5.94. The number of aryl methyl sites for hydroxylation is 1. The zero-order chi connectivity index (χ0) is 20.7. The van der Waals surface area contributed by atoms with E-state index in [9.17, 15) is 14.4 Å². The lowest BCUT2D eigenvalue weighted by molar-refractivity contribution is -0.117. The van der Waals surface area contributed by atoms with Gasteiger partial charge in [-0.3, -0.25) is 14.9 Å². The van der Waals surface area contributed by atoms with Gasteiger partial charge in [-0.25, -0.2) is 9.78 Å². The van der Waals surface area contributed by atoms with E-state index in [0.29, 0.717) is 27.8 Å². The zero-order valence-electron chi connectivity index (χ0n) is 16.8. The average molecular weight is 425 g/mol. The molecule has 0 spiro atoms. The molecule has 154 valence electrons. The highest BCUT2D eigenvalue weighted by Crippen LogP contribution is 2.30. The fourth-order valence-electron chi connectivity index (χ4n) is 2.68. The van der Waals surface area contributed by atoms with Crippen LogP contribution in [-0.2, 0) is 11.2 Å². The summed E-state index contributed by atoms with van der Waals surface area (Å²) >= 11 is 2.62. The maximum atomic E-state index is 12.6. The molecule has 28 heavy (non-hydrogen) atoms. The molecular formula is C19H28N4O3S2. The minimum absolute atomic E-state index is 0.000270. The summed E-state index contributed by atoms with van der Waals surface area (Å²) in [4.78, 5) is 45.2. The Morgan fingerprint density at radius 3 is 2.75 bits per heavy atom. The number of carbonyl (C=O) groups is 2. The van der Waals surface area contributed by atoms with Crippen LogP contribution in [0.3, 0.4) is 0 Å². The zero-order valence-corrected chi connectivity index (χ0v) is 18.4. The van der Waals surface area contributed by atoms with E-state index in [1.807, 2.05) is 13.8 Å². The molecule has 0 fully saturated rings. The number of urea groups is 1. The van der Waals surface area contributed by atoms with Gasteiger partial charge < -0.3 is 10.3 Å². The number of H-pyrrole nitrogens is 1. The quantitative estimate of drug-likeness (QED) is 0.324. The van der Waals surface area contributed by atoms with E-state index >= 15 is 0 Å². The van der Waals surface area contributed by atoms with Gasteiger partial charge in [0.1, 0.15) is 4.83 Å². The van der Waals surface area contributed by atoms with Crippen LogP contribution in [0.15, 0.2) is 9.95 Å². The SMILES string of the molecule is CCCCNC(=O)NC(=O)CSc1nc2sc(C)c(CC(C)CC)c2c(=O)[nH]1. The van der Waals surface area contributed by atoms with E-state index < -0.39 is 11.9 Å². The molecule has 2 rings (SSSR count). The summed E-state index contributed by atoms with van der Waals surface area (Å²) in [6, 6.07) is -0.500. The summed E-state index contributed by atoms with van der Waals surface area (Å²) in [5.74, 6) is 0.0680. The maximum Gasteiger partial charge on any atom is 0.321 e. The van der Waals surface area contributed by atoms with Crippen molar-refractivity contribution in [2.45, 2.75) is 58.5 Å². The smallest absolute Gasteiger partial charge is 0.321 e. The van der Waals surface area contributed by atoms with Gasteiger partial charge in [-0.05, 0) is 31.2 Å². The number of aromatic amines is 1. The van der Waals surface area contributed by atoms with Crippen molar-refractivity contribution >= 4 is 45.3 Å². The summed E-state index contributed by atoms with van der Waals surface area (Å²) < 4.78 is 0. The predicted molar refractivity (Wildman–Crippen MR) is 115 cm³/mol. The largest absolute Gasteiger partial charge is 0.338 e. The average Bonchev–Trinajstić information content (AvgIpc) is 2.95.